The first kappa shape index (κ1) is 15.5. The van der Waals surface area contributed by atoms with E-state index < -0.39 is 0 Å². The predicted molar refractivity (Wildman–Crippen MR) is 90.2 cm³/mol. The van der Waals surface area contributed by atoms with Crippen LogP contribution >= 0.6 is 0 Å². The van der Waals surface area contributed by atoms with E-state index in [9.17, 15) is 0 Å². The molecule has 2 aliphatic rings. The number of imidazole rings is 1. The molecule has 3 N–H and O–H groups in total. The van der Waals surface area contributed by atoms with Gasteiger partial charge in [-0.2, -0.15) is 0 Å². The van der Waals surface area contributed by atoms with Crippen molar-refractivity contribution < 1.29 is 0 Å². The van der Waals surface area contributed by atoms with Crippen LogP contribution in [-0.4, -0.2) is 28.0 Å². The van der Waals surface area contributed by atoms with E-state index in [1.807, 2.05) is 0 Å². The van der Waals surface area contributed by atoms with E-state index in [2.05, 4.69) is 30.7 Å². The molecule has 2 aliphatic heterocycles. The molecule has 0 saturated carbocycles. The minimum atomic E-state index is 0.280. The molecule has 3 heterocycles. The van der Waals surface area contributed by atoms with E-state index in [-0.39, 0.29) is 12.1 Å². The summed E-state index contributed by atoms with van der Waals surface area (Å²) in [5.41, 5.74) is 8.46. The smallest absolute Gasteiger partial charge is 0.146 e. The number of hydrogen-bond acceptors (Lipinski definition) is 4. The number of nitrogens with one attached hydrogen (secondary N) is 1. The van der Waals surface area contributed by atoms with E-state index in [0.717, 1.165) is 31.6 Å². The summed E-state index contributed by atoms with van der Waals surface area (Å²) in [4.78, 5) is 9.60. The summed E-state index contributed by atoms with van der Waals surface area (Å²) in [6.45, 7) is 8.83. The zero-order valence-electron chi connectivity index (χ0n) is 14.1. The highest BCUT2D eigenvalue weighted by Crippen LogP contribution is 2.34. The number of nitrogens with two attached hydrogens (primary N) is 1. The Kier molecular flexibility index (Phi) is 4.52. The summed E-state index contributed by atoms with van der Waals surface area (Å²) in [5.74, 6) is 2.42. The number of piperidine rings is 1. The maximum atomic E-state index is 6.24. The number of unbranched alkanes of at least 4 members (excludes halogenated alkanes) is 1. The largest absolute Gasteiger partial charge is 0.382 e. The summed E-state index contributed by atoms with van der Waals surface area (Å²) in [6, 6.07) is 0.570. The molecule has 5 nitrogen and oxygen atoms in total. The third-order valence-corrected chi connectivity index (χ3v) is 4.66. The molecule has 0 radical (unpaired) electrons. The zero-order valence-corrected chi connectivity index (χ0v) is 14.1. The second-order valence-electron chi connectivity index (χ2n) is 7.03. The van der Waals surface area contributed by atoms with Crippen molar-refractivity contribution in [1.29, 1.82) is 0 Å². The molecular weight excluding hydrogens is 274 g/mol. The SMILES string of the molecule is CCCCc1nc2c(n1CC(C)C)C1NCCCC1N=C2N. The molecule has 1 aromatic heterocycles. The van der Waals surface area contributed by atoms with Crippen molar-refractivity contribution in [2.24, 2.45) is 16.6 Å². The van der Waals surface area contributed by atoms with Gasteiger partial charge < -0.3 is 15.6 Å². The van der Waals surface area contributed by atoms with Crippen molar-refractivity contribution in [1.82, 2.24) is 14.9 Å². The predicted octanol–water partition coefficient (Wildman–Crippen LogP) is 2.39. The van der Waals surface area contributed by atoms with Gasteiger partial charge in [-0.3, -0.25) is 4.99 Å². The average molecular weight is 303 g/mol. The van der Waals surface area contributed by atoms with Crippen LogP contribution in [0.1, 0.15) is 69.7 Å². The van der Waals surface area contributed by atoms with Gasteiger partial charge in [0.2, 0.25) is 0 Å². The van der Waals surface area contributed by atoms with Crippen LogP contribution in [0, 0.1) is 5.92 Å². The highest BCUT2D eigenvalue weighted by atomic mass is 15.2. The number of amidine groups is 1. The van der Waals surface area contributed by atoms with Gasteiger partial charge in [0, 0.05) is 13.0 Å². The van der Waals surface area contributed by atoms with Gasteiger partial charge in [-0.05, 0) is 31.7 Å². The number of fused-ring (bicyclic) bond motifs is 3. The zero-order chi connectivity index (χ0) is 15.7. The lowest BCUT2D eigenvalue weighted by molar-refractivity contribution is 0.334. The second kappa shape index (κ2) is 6.41. The highest BCUT2D eigenvalue weighted by Gasteiger charge is 2.36. The van der Waals surface area contributed by atoms with Gasteiger partial charge >= 0.3 is 0 Å². The third-order valence-electron chi connectivity index (χ3n) is 4.66. The summed E-state index contributed by atoms with van der Waals surface area (Å²) in [7, 11) is 0. The van der Waals surface area contributed by atoms with Gasteiger partial charge in [0.05, 0.1) is 17.8 Å². The summed E-state index contributed by atoms with van der Waals surface area (Å²) < 4.78 is 2.44. The van der Waals surface area contributed by atoms with Crippen molar-refractivity contribution in [3.05, 3.63) is 17.2 Å². The van der Waals surface area contributed by atoms with Crippen LogP contribution in [0.2, 0.25) is 0 Å². The van der Waals surface area contributed by atoms with E-state index in [1.54, 1.807) is 0 Å². The monoisotopic (exact) mass is 303 g/mol. The Morgan fingerprint density at radius 3 is 2.95 bits per heavy atom. The molecule has 122 valence electrons. The van der Waals surface area contributed by atoms with Gasteiger partial charge in [0.25, 0.3) is 0 Å². The standard InChI is InChI=1S/C17H29N5/c1-4-5-8-13-21-15-16(22(13)10-11(2)3)14-12(20-17(15)18)7-6-9-19-14/h11-12,14,19H,4-10H2,1-3H3,(H2,18,20). The molecule has 0 spiro atoms. The topological polar surface area (TPSA) is 68.2 Å². The van der Waals surface area contributed by atoms with E-state index in [1.165, 1.54) is 30.8 Å². The Balaban J connectivity index is 2.04. The lowest BCUT2D eigenvalue weighted by Crippen LogP contribution is -2.43. The molecule has 1 fully saturated rings. The molecule has 5 heteroatoms. The summed E-state index contributed by atoms with van der Waals surface area (Å²) >= 11 is 0. The highest BCUT2D eigenvalue weighted by molar-refractivity contribution is 5.98. The summed E-state index contributed by atoms with van der Waals surface area (Å²) in [6.07, 6.45) is 5.68. The maximum Gasteiger partial charge on any atom is 0.146 e. The van der Waals surface area contributed by atoms with Gasteiger partial charge in [-0.25, -0.2) is 4.98 Å². The number of rotatable bonds is 5. The summed E-state index contributed by atoms with van der Waals surface area (Å²) in [5, 5.41) is 3.66. The molecule has 0 amide bonds. The normalized spacial score (nSPS) is 24.1. The van der Waals surface area contributed by atoms with E-state index >= 15 is 0 Å². The van der Waals surface area contributed by atoms with E-state index in [4.69, 9.17) is 15.7 Å². The quantitative estimate of drug-likeness (QED) is 0.877. The van der Waals surface area contributed by atoms with Crippen molar-refractivity contribution in [2.45, 2.75) is 71.5 Å². The Morgan fingerprint density at radius 1 is 1.41 bits per heavy atom. The van der Waals surface area contributed by atoms with Gasteiger partial charge in [0.15, 0.2) is 0 Å². The fraction of sp³-hybridized carbons (Fsp3) is 0.765. The number of hydrogen-bond donors (Lipinski definition) is 2. The Labute approximate surface area is 133 Å². The molecule has 0 aromatic carbocycles. The fourth-order valence-corrected chi connectivity index (χ4v) is 3.64. The fourth-order valence-electron chi connectivity index (χ4n) is 3.64. The molecule has 22 heavy (non-hydrogen) atoms. The molecule has 3 rings (SSSR count). The van der Waals surface area contributed by atoms with Crippen LogP contribution in [0.15, 0.2) is 4.99 Å². The Morgan fingerprint density at radius 2 is 2.23 bits per heavy atom. The van der Waals surface area contributed by atoms with Crippen molar-refractivity contribution >= 4 is 5.84 Å². The number of aromatic nitrogens is 2. The lowest BCUT2D eigenvalue weighted by Gasteiger charge is -2.34. The molecule has 2 atom stereocenters. The van der Waals surface area contributed by atoms with Crippen LogP contribution < -0.4 is 11.1 Å². The first-order chi connectivity index (χ1) is 10.6. The second-order valence-corrected chi connectivity index (χ2v) is 7.03. The molecule has 2 unspecified atom stereocenters. The molecule has 1 aromatic rings. The molecular formula is C17H29N5. The van der Waals surface area contributed by atoms with E-state index in [0.29, 0.717) is 11.8 Å². The Hall–Kier alpha value is -1.36. The lowest BCUT2D eigenvalue weighted by atomic mass is 9.92. The molecule has 0 bridgehead atoms. The van der Waals surface area contributed by atoms with Crippen LogP contribution in [0.5, 0.6) is 0 Å². The number of aliphatic imine (C=N–C) groups is 1. The van der Waals surface area contributed by atoms with Crippen LogP contribution in [0.4, 0.5) is 0 Å². The maximum absolute atomic E-state index is 6.24. The minimum absolute atomic E-state index is 0.280. The number of nitrogens with zero attached hydrogens (tertiary/aromatic N) is 3. The van der Waals surface area contributed by atoms with Crippen molar-refractivity contribution in [3.8, 4) is 0 Å². The van der Waals surface area contributed by atoms with Crippen LogP contribution in [0.3, 0.4) is 0 Å². The third kappa shape index (κ3) is 2.78. The van der Waals surface area contributed by atoms with Gasteiger partial charge in [-0.1, -0.05) is 27.2 Å². The first-order valence-corrected chi connectivity index (χ1v) is 8.78. The van der Waals surface area contributed by atoms with Crippen molar-refractivity contribution in [3.63, 3.8) is 0 Å². The number of aryl methyl sites for hydroxylation is 1. The molecule has 1 saturated heterocycles. The minimum Gasteiger partial charge on any atom is -0.382 e. The van der Waals surface area contributed by atoms with Crippen LogP contribution in [0.25, 0.3) is 0 Å². The van der Waals surface area contributed by atoms with Gasteiger partial charge in [-0.15, -0.1) is 0 Å². The molecule has 0 aliphatic carbocycles. The van der Waals surface area contributed by atoms with Crippen LogP contribution in [-0.2, 0) is 13.0 Å². The average Bonchev–Trinajstić information content (AvgIpc) is 2.84. The Bertz CT molecular complexity index is 558. The first-order valence-electron chi connectivity index (χ1n) is 8.78. The van der Waals surface area contributed by atoms with Crippen molar-refractivity contribution in [2.75, 3.05) is 6.54 Å². The van der Waals surface area contributed by atoms with Gasteiger partial charge in [0.1, 0.15) is 17.4 Å².